The fourth-order valence-electron chi connectivity index (χ4n) is 3.88. The van der Waals surface area contributed by atoms with Gasteiger partial charge < -0.3 is 14.4 Å². The predicted octanol–water partition coefficient (Wildman–Crippen LogP) is 4.17. The normalized spacial score (nSPS) is 13.1. The standard InChI is InChI=1S/C27H28N4O4/c1-28-17-5-8-25(28)19-29(18-22-6-3-2-4-7-22)27(33)20-30(23-14-15-23)26(32)16-11-21-9-12-24(13-10-21)31(34)35/h2-13,16-17,23H,14-15,18-20H2,1H3. The Hall–Kier alpha value is -4.20. The number of non-ortho nitro benzene ring substituents is 1. The maximum atomic E-state index is 13.4. The molecule has 0 atom stereocenters. The van der Waals surface area contributed by atoms with Crippen LogP contribution in [0.5, 0.6) is 0 Å². The van der Waals surface area contributed by atoms with Crippen molar-refractivity contribution in [2.45, 2.75) is 32.0 Å². The van der Waals surface area contributed by atoms with E-state index in [-0.39, 0.29) is 30.1 Å². The number of hydrogen-bond acceptors (Lipinski definition) is 4. The highest BCUT2D eigenvalue weighted by Crippen LogP contribution is 2.27. The molecule has 2 amide bonds. The van der Waals surface area contributed by atoms with Crippen LogP contribution in [0.4, 0.5) is 5.69 Å². The molecule has 1 fully saturated rings. The summed E-state index contributed by atoms with van der Waals surface area (Å²) in [7, 11) is 1.95. The number of nitrogens with zero attached hydrogens (tertiary/aromatic N) is 4. The van der Waals surface area contributed by atoms with Crippen LogP contribution < -0.4 is 0 Å². The summed E-state index contributed by atoms with van der Waals surface area (Å²) in [6, 6.07) is 19.8. The van der Waals surface area contributed by atoms with Gasteiger partial charge in [-0.1, -0.05) is 30.3 Å². The lowest BCUT2D eigenvalue weighted by Gasteiger charge is -2.27. The van der Waals surface area contributed by atoms with Gasteiger partial charge in [0.15, 0.2) is 0 Å². The van der Waals surface area contributed by atoms with Crippen molar-refractivity contribution in [3.8, 4) is 0 Å². The predicted molar refractivity (Wildman–Crippen MR) is 133 cm³/mol. The molecule has 8 heteroatoms. The van der Waals surface area contributed by atoms with E-state index in [9.17, 15) is 19.7 Å². The first-order chi connectivity index (χ1) is 16.9. The number of benzene rings is 2. The van der Waals surface area contributed by atoms with E-state index in [1.807, 2.05) is 60.3 Å². The lowest BCUT2D eigenvalue weighted by molar-refractivity contribution is -0.384. The molecule has 0 radical (unpaired) electrons. The second-order valence-corrected chi connectivity index (χ2v) is 8.73. The van der Waals surface area contributed by atoms with Gasteiger partial charge in [0, 0.05) is 49.7 Å². The molecule has 0 aliphatic heterocycles. The first-order valence-electron chi connectivity index (χ1n) is 11.6. The summed E-state index contributed by atoms with van der Waals surface area (Å²) >= 11 is 0. The van der Waals surface area contributed by atoms with Crippen LogP contribution in [0, 0.1) is 10.1 Å². The van der Waals surface area contributed by atoms with Gasteiger partial charge in [-0.3, -0.25) is 19.7 Å². The number of carbonyl (C=O) groups is 2. The van der Waals surface area contributed by atoms with Crippen molar-refractivity contribution in [2.24, 2.45) is 7.05 Å². The van der Waals surface area contributed by atoms with Gasteiger partial charge in [0.1, 0.15) is 6.54 Å². The minimum absolute atomic E-state index is 0.00425. The Morgan fingerprint density at radius 2 is 1.74 bits per heavy atom. The summed E-state index contributed by atoms with van der Waals surface area (Å²) in [5, 5.41) is 10.8. The molecule has 0 N–H and O–H groups in total. The number of nitro groups is 1. The zero-order valence-corrected chi connectivity index (χ0v) is 19.6. The fraction of sp³-hybridized carbons (Fsp3) is 0.259. The minimum atomic E-state index is -0.463. The topological polar surface area (TPSA) is 88.7 Å². The summed E-state index contributed by atoms with van der Waals surface area (Å²) in [5.41, 5.74) is 2.71. The zero-order valence-electron chi connectivity index (χ0n) is 19.6. The number of aryl methyl sites for hydroxylation is 1. The number of carbonyl (C=O) groups excluding carboxylic acids is 2. The van der Waals surface area contributed by atoms with Gasteiger partial charge in [0.2, 0.25) is 11.8 Å². The monoisotopic (exact) mass is 472 g/mol. The van der Waals surface area contributed by atoms with Crippen molar-refractivity contribution in [1.82, 2.24) is 14.4 Å². The maximum Gasteiger partial charge on any atom is 0.269 e. The lowest BCUT2D eigenvalue weighted by Crippen LogP contribution is -2.43. The molecule has 3 aromatic rings. The van der Waals surface area contributed by atoms with E-state index in [1.54, 1.807) is 28.0 Å². The number of nitro benzene ring substituents is 1. The smallest absolute Gasteiger partial charge is 0.269 e. The van der Waals surface area contributed by atoms with Crippen LogP contribution in [-0.4, -0.2) is 43.7 Å². The number of aromatic nitrogens is 1. The van der Waals surface area contributed by atoms with Gasteiger partial charge >= 0.3 is 0 Å². The van der Waals surface area contributed by atoms with Crippen LogP contribution >= 0.6 is 0 Å². The third kappa shape index (κ3) is 6.44. The molecule has 1 heterocycles. The van der Waals surface area contributed by atoms with Crippen LogP contribution in [0.2, 0.25) is 0 Å². The van der Waals surface area contributed by atoms with E-state index in [0.717, 1.165) is 24.1 Å². The number of hydrogen-bond donors (Lipinski definition) is 0. The van der Waals surface area contributed by atoms with E-state index in [1.165, 1.54) is 18.2 Å². The van der Waals surface area contributed by atoms with Gasteiger partial charge in [0.25, 0.3) is 5.69 Å². The Kier molecular flexibility index (Phi) is 7.40. The summed E-state index contributed by atoms with van der Waals surface area (Å²) < 4.78 is 1.99. The first kappa shape index (κ1) is 23.9. The second kappa shape index (κ2) is 10.8. The Morgan fingerprint density at radius 1 is 1.03 bits per heavy atom. The van der Waals surface area contributed by atoms with Gasteiger partial charge in [-0.15, -0.1) is 0 Å². The Balaban J connectivity index is 1.47. The van der Waals surface area contributed by atoms with Gasteiger partial charge in [-0.25, -0.2) is 0 Å². The summed E-state index contributed by atoms with van der Waals surface area (Å²) in [6.07, 6.45) is 6.76. The fourth-order valence-corrected chi connectivity index (χ4v) is 3.88. The Bertz CT molecular complexity index is 1210. The maximum absolute atomic E-state index is 13.4. The van der Waals surface area contributed by atoms with E-state index in [4.69, 9.17) is 0 Å². The van der Waals surface area contributed by atoms with Gasteiger partial charge in [-0.05, 0) is 54.3 Å². The summed E-state index contributed by atoms with van der Waals surface area (Å²) in [4.78, 5) is 40.2. The second-order valence-electron chi connectivity index (χ2n) is 8.73. The summed E-state index contributed by atoms with van der Waals surface area (Å²) in [6.45, 7) is 0.907. The molecular formula is C27H28N4O4. The van der Waals surface area contributed by atoms with E-state index >= 15 is 0 Å². The highest BCUT2D eigenvalue weighted by Gasteiger charge is 2.34. The molecule has 1 aromatic heterocycles. The lowest BCUT2D eigenvalue weighted by atomic mass is 10.2. The molecule has 1 aliphatic carbocycles. The van der Waals surface area contributed by atoms with Crippen LogP contribution in [0.15, 0.2) is 79.0 Å². The van der Waals surface area contributed by atoms with E-state index < -0.39 is 4.92 Å². The van der Waals surface area contributed by atoms with Crippen molar-refractivity contribution in [2.75, 3.05) is 6.54 Å². The molecule has 0 saturated heterocycles. The molecule has 35 heavy (non-hydrogen) atoms. The minimum Gasteiger partial charge on any atom is -0.353 e. The van der Waals surface area contributed by atoms with Crippen LogP contribution in [0.1, 0.15) is 29.7 Å². The molecular weight excluding hydrogens is 444 g/mol. The van der Waals surface area contributed by atoms with Crippen LogP contribution in [0.25, 0.3) is 6.08 Å². The third-order valence-electron chi connectivity index (χ3n) is 6.07. The molecule has 0 spiro atoms. The average Bonchev–Trinajstić information content (AvgIpc) is 3.63. The quantitative estimate of drug-likeness (QED) is 0.252. The van der Waals surface area contributed by atoms with Gasteiger partial charge in [0.05, 0.1) is 11.5 Å². The van der Waals surface area contributed by atoms with Crippen molar-refractivity contribution in [3.05, 3.63) is 106 Å². The van der Waals surface area contributed by atoms with Crippen molar-refractivity contribution < 1.29 is 14.5 Å². The molecule has 2 aromatic carbocycles. The summed E-state index contributed by atoms with van der Waals surface area (Å²) in [5.74, 6) is -0.350. The third-order valence-corrected chi connectivity index (χ3v) is 6.07. The highest BCUT2D eigenvalue weighted by molar-refractivity contribution is 5.94. The van der Waals surface area contributed by atoms with Gasteiger partial charge in [-0.2, -0.15) is 0 Å². The zero-order chi connectivity index (χ0) is 24.8. The SMILES string of the molecule is Cn1cccc1CN(Cc1ccccc1)C(=O)CN(C(=O)C=Cc1ccc([N+](=O)[O-])cc1)C1CC1. The van der Waals surface area contributed by atoms with Crippen molar-refractivity contribution >= 4 is 23.6 Å². The molecule has 8 nitrogen and oxygen atoms in total. The molecule has 1 aliphatic rings. The van der Waals surface area contributed by atoms with Crippen LogP contribution in [-0.2, 0) is 29.7 Å². The molecule has 0 bridgehead atoms. The Morgan fingerprint density at radius 3 is 2.34 bits per heavy atom. The van der Waals surface area contributed by atoms with Crippen molar-refractivity contribution in [1.29, 1.82) is 0 Å². The number of rotatable bonds is 10. The molecule has 4 rings (SSSR count). The van der Waals surface area contributed by atoms with E-state index in [0.29, 0.717) is 18.7 Å². The Labute approximate surface area is 204 Å². The molecule has 0 unspecified atom stereocenters. The first-order valence-corrected chi connectivity index (χ1v) is 11.6. The molecule has 1 saturated carbocycles. The van der Waals surface area contributed by atoms with Crippen LogP contribution in [0.3, 0.4) is 0 Å². The van der Waals surface area contributed by atoms with Crippen molar-refractivity contribution in [3.63, 3.8) is 0 Å². The molecule has 180 valence electrons. The van der Waals surface area contributed by atoms with E-state index in [2.05, 4.69) is 0 Å². The average molecular weight is 473 g/mol. The largest absolute Gasteiger partial charge is 0.353 e. The highest BCUT2D eigenvalue weighted by atomic mass is 16.6. The number of amides is 2.